The summed E-state index contributed by atoms with van der Waals surface area (Å²) in [4.78, 5) is 24.8. The van der Waals surface area contributed by atoms with Crippen LogP contribution in [0, 0.1) is 0 Å². The van der Waals surface area contributed by atoms with Crippen LogP contribution in [0.5, 0.6) is 0 Å². The van der Waals surface area contributed by atoms with Crippen molar-refractivity contribution in [1.82, 2.24) is 10.2 Å². The van der Waals surface area contributed by atoms with Crippen LogP contribution in [0.25, 0.3) is 10.9 Å². The summed E-state index contributed by atoms with van der Waals surface area (Å²) < 4.78 is 0. The lowest BCUT2D eigenvalue weighted by molar-refractivity contribution is -0.115. The van der Waals surface area contributed by atoms with Gasteiger partial charge in [-0.2, -0.15) is 10.2 Å². The van der Waals surface area contributed by atoms with Gasteiger partial charge >= 0.3 is 0 Å². The number of aromatic nitrogens is 2. The molecule has 1 aromatic heterocycles. The summed E-state index contributed by atoms with van der Waals surface area (Å²) in [5, 5.41) is 11.6. The van der Waals surface area contributed by atoms with Crippen molar-refractivity contribution in [3.05, 3.63) is 60.3 Å². The van der Waals surface area contributed by atoms with Gasteiger partial charge in [-0.25, -0.2) is 0 Å². The Morgan fingerprint density at radius 2 is 1.92 bits per heavy atom. The first-order valence-corrected chi connectivity index (χ1v) is 8.71. The quantitative estimate of drug-likeness (QED) is 0.556. The number of benzene rings is 2. The fourth-order valence-corrected chi connectivity index (χ4v) is 3.33. The van der Waals surface area contributed by atoms with Gasteiger partial charge in [-0.1, -0.05) is 30.3 Å². The maximum absolute atomic E-state index is 12.5. The van der Waals surface area contributed by atoms with Crippen LogP contribution >= 0.6 is 11.8 Å². The highest BCUT2D eigenvalue weighted by molar-refractivity contribution is 8.00. The Labute approximate surface area is 149 Å². The topological polar surface area (TPSA) is 72.0 Å². The number of amides is 1. The molecule has 3 aromatic rings. The second-order valence-electron chi connectivity index (χ2n) is 5.61. The molecule has 126 valence electrons. The summed E-state index contributed by atoms with van der Waals surface area (Å²) in [7, 11) is 0. The molecule has 1 atom stereocenters. The van der Waals surface area contributed by atoms with E-state index in [1.54, 1.807) is 30.5 Å². The van der Waals surface area contributed by atoms with Crippen molar-refractivity contribution in [2.24, 2.45) is 0 Å². The number of ketones is 1. The second kappa shape index (κ2) is 7.44. The van der Waals surface area contributed by atoms with Gasteiger partial charge in [-0.3, -0.25) is 9.59 Å². The van der Waals surface area contributed by atoms with E-state index in [4.69, 9.17) is 0 Å². The number of thioether (sulfide) groups is 1. The Bertz CT molecular complexity index is 937. The Balaban J connectivity index is 1.74. The molecule has 0 saturated heterocycles. The summed E-state index contributed by atoms with van der Waals surface area (Å²) >= 11 is 1.43. The van der Waals surface area contributed by atoms with Crippen molar-refractivity contribution in [2.45, 2.75) is 24.0 Å². The molecule has 25 heavy (non-hydrogen) atoms. The molecule has 0 spiro atoms. The number of nitrogens with zero attached hydrogens (tertiary/aromatic N) is 2. The van der Waals surface area contributed by atoms with Crippen LogP contribution < -0.4 is 5.32 Å². The summed E-state index contributed by atoms with van der Waals surface area (Å²) in [6.45, 7) is 3.34. The minimum Gasteiger partial charge on any atom is -0.325 e. The monoisotopic (exact) mass is 351 g/mol. The summed E-state index contributed by atoms with van der Waals surface area (Å²) in [5.41, 5.74) is 1.99. The first-order valence-electron chi connectivity index (χ1n) is 7.83. The summed E-state index contributed by atoms with van der Waals surface area (Å²) in [6, 6.07) is 14.6. The van der Waals surface area contributed by atoms with E-state index in [0.29, 0.717) is 11.3 Å². The van der Waals surface area contributed by atoms with E-state index in [9.17, 15) is 9.59 Å². The van der Waals surface area contributed by atoms with E-state index in [0.717, 1.165) is 15.8 Å². The molecule has 0 aliphatic rings. The van der Waals surface area contributed by atoms with Crippen molar-refractivity contribution in [1.29, 1.82) is 0 Å². The number of anilines is 1. The van der Waals surface area contributed by atoms with Crippen LogP contribution in [0.2, 0.25) is 0 Å². The maximum Gasteiger partial charge on any atom is 0.237 e. The van der Waals surface area contributed by atoms with Gasteiger partial charge in [-0.05, 0) is 32.0 Å². The van der Waals surface area contributed by atoms with E-state index < -0.39 is 0 Å². The van der Waals surface area contributed by atoms with Crippen molar-refractivity contribution >= 4 is 40.0 Å². The van der Waals surface area contributed by atoms with Crippen molar-refractivity contribution in [3.8, 4) is 0 Å². The van der Waals surface area contributed by atoms with Crippen LogP contribution in [0.3, 0.4) is 0 Å². The molecule has 0 aliphatic heterocycles. The molecular formula is C19H17N3O2S. The first kappa shape index (κ1) is 17.1. The number of carbonyl (C=O) groups is 2. The van der Waals surface area contributed by atoms with Gasteiger partial charge in [-0.15, -0.1) is 11.8 Å². The third kappa shape index (κ3) is 4.03. The Morgan fingerprint density at radius 1 is 1.12 bits per heavy atom. The predicted octanol–water partition coefficient (Wildman–Crippen LogP) is 3.95. The minimum absolute atomic E-state index is 0.0344. The zero-order valence-corrected chi connectivity index (χ0v) is 14.7. The van der Waals surface area contributed by atoms with Crippen molar-refractivity contribution in [3.63, 3.8) is 0 Å². The summed E-state index contributed by atoms with van der Waals surface area (Å²) in [6.07, 6.45) is 1.67. The molecule has 0 bridgehead atoms. The molecule has 0 fully saturated rings. The molecule has 1 amide bonds. The maximum atomic E-state index is 12.5. The van der Waals surface area contributed by atoms with Crippen LogP contribution in [0.4, 0.5) is 5.69 Å². The highest BCUT2D eigenvalue weighted by atomic mass is 32.2. The van der Waals surface area contributed by atoms with Crippen LogP contribution in [-0.4, -0.2) is 27.1 Å². The van der Waals surface area contributed by atoms with E-state index in [1.807, 2.05) is 31.2 Å². The van der Waals surface area contributed by atoms with E-state index in [2.05, 4.69) is 15.5 Å². The van der Waals surface area contributed by atoms with Crippen molar-refractivity contribution in [2.75, 3.05) is 5.32 Å². The normalized spacial score (nSPS) is 11.9. The van der Waals surface area contributed by atoms with Crippen molar-refractivity contribution < 1.29 is 9.59 Å². The summed E-state index contributed by atoms with van der Waals surface area (Å²) in [5.74, 6) is -0.167. The van der Waals surface area contributed by atoms with Gasteiger partial charge in [0.25, 0.3) is 0 Å². The fraction of sp³-hybridized carbons (Fsp3) is 0.158. The van der Waals surface area contributed by atoms with Gasteiger partial charge in [0, 0.05) is 21.5 Å². The zero-order valence-electron chi connectivity index (χ0n) is 13.9. The average Bonchev–Trinajstić information content (AvgIpc) is 2.62. The lowest BCUT2D eigenvalue weighted by Gasteiger charge is -2.13. The Morgan fingerprint density at radius 3 is 2.72 bits per heavy atom. The van der Waals surface area contributed by atoms with Gasteiger partial charge in [0.1, 0.15) is 0 Å². The predicted molar refractivity (Wildman–Crippen MR) is 99.9 cm³/mol. The SMILES string of the molecule is CC(=O)c1cccc(NC(=O)[C@@H](C)Sc2cnnc3ccccc23)c1. The fourth-order valence-electron chi connectivity index (χ4n) is 2.38. The minimum atomic E-state index is -0.325. The molecule has 0 unspecified atom stereocenters. The second-order valence-corrected chi connectivity index (χ2v) is 6.99. The number of rotatable bonds is 5. The molecule has 6 heteroatoms. The first-order chi connectivity index (χ1) is 12.0. The van der Waals surface area contributed by atoms with Gasteiger partial charge in [0.2, 0.25) is 5.91 Å². The largest absolute Gasteiger partial charge is 0.325 e. The number of hydrogen-bond acceptors (Lipinski definition) is 5. The van der Waals surface area contributed by atoms with Gasteiger partial charge in [0.05, 0.1) is 17.0 Å². The van der Waals surface area contributed by atoms with E-state index >= 15 is 0 Å². The van der Waals surface area contributed by atoms with Gasteiger partial charge < -0.3 is 5.32 Å². The smallest absolute Gasteiger partial charge is 0.237 e. The molecule has 0 saturated carbocycles. The molecule has 1 heterocycles. The molecule has 2 aromatic carbocycles. The molecule has 3 rings (SSSR count). The van der Waals surface area contributed by atoms with Crippen LogP contribution in [-0.2, 0) is 4.79 Å². The Hall–Kier alpha value is -2.73. The van der Waals surface area contributed by atoms with E-state index in [1.165, 1.54) is 18.7 Å². The number of nitrogens with one attached hydrogen (secondary N) is 1. The number of carbonyl (C=O) groups excluding carboxylic acids is 2. The highest BCUT2D eigenvalue weighted by Gasteiger charge is 2.17. The highest BCUT2D eigenvalue weighted by Crippen LogP contribution is 2.29. The van der Waals surface area contributed by atoms with Crippen LogP contribution in [0.15, 0.2) is 59.6 Å². The molecule has 0 aliphatic carbocycles. The average molecular weight is 351 g/mol. The van der Waals surface area contributed by atoms with Gasteiger partial charge in [0.15, 0.2) is 5.78 Å². The lowest BCUT2D eigenvalue weighted by atomic mass is 10.1. The van der Waals surface area contributed by atoms with E-state index in [-0.39, 0.29) is 16.9 Å². The van der Waals surface area contributed by atoms with Crippen LogP contribution in [0.1, 0.15) is 24.2 Å². The standard InChI is InChI=1S/C19H17N3O2S/c1-12(23)14-6-5-7-15(10-14)21-19(24)13(2)25-18-11-20-22-17-9-4-3-8-16(17)18/h3-11,13H,1-2H3,(H,21,24)/t13-/m1/s1. The number of fused-ring (bicyclic) bond motifs is 1. The number of hydrogen-bond donors (Lipinski definition) is 1. The molecule has 1 N–H and O–H groups in total. The molecule has 5 nitrogen and oxygen atoms in total. The molecular weight excluding hydrogens is 334 g/mol. The lowest BCUT2D eigenvalue weighted by Crippen LogP contribution is -2.22. The third-order valence-corrected chi connectivity index (χ3v) is 4.87. The third-order valence-electron chi connectivity index (χ3n) is 3.72. The number of Topliss-reactive ketones (excluding diaryl/α,β-unsaturated/α-hetero) is 1. The molecule has 0 radical (unpaired) electrons. The Kier molecular flexibility index (Phi) is 5.09. The zero-order chi connectivity index (χ0) is 17.8.